The first-order chi connectivity index (χ1) is 14.1. The zero-order valence-corrected chi connectivity index (χ0v) is 20.0. The van der Waals surface area contributed by atoms with Gasteiger partial charge in [-0.3, -0.25) is 4.79 Å². The smallest absolute Gasteiger partial charge is 0.335 e. The Hall–Kier alpha value is -1.72. The highest BCUT2D eigenvalue weighted by Gasteiger charge is 2.63. The standard InChI is InChI=1S/C25H34O4Si/c1-7-28-24(27)22-19-16-13-17(18(14-16)29-30(5,6)25(2,3)4)21(19)23(26)20(22)15-11-9-8-10-12-15/h8-12,16-19,21H,7,13-14H2,1-6H3/t16-,17+,18+,19-,21+/m0/s1. The van der Waals surface area contributed by atoms with E-state index in [0.717, 1.165) is 18.4 Å². The largest absolute Gasteiger partial charge is 0.463 e. The second-order valence-electron chi connectivity index (χ2n) is 10.6. The van der Waals surface area contributed by atoms with Crippen molar-refractivity contribution in [3.8, 4) is 0 Å². The Morgan fingerprint density at radius 1 is 1.10 bits per heavy atom. The lowest BCUT2D eigenvalue weighted by atomic mass is 9.77. The Kier molecular flexibility index (Phi) is 5.34. The molecule has 0 amide bonds. The molecule has 2 saturated carbocycles. The van der Waals surface area contributed by atoms with Crippen LogP contribution in [0.1, 0.15) is 46.1 Å². The van der Waals surface area contributed by atoms with Crippen LogP contribution >= 0.6 is 0 Å². The third kappa shape index (κ3) is 3.30. The van der Waals surface area contributed by atoms with Crippen LogP contribution in [0.4, 0.5) is 0 Å². The summed E-state index contributed by atoms with van der Waals surface area (Å²) in [5, 5.41) is 0.136. The Labute approximate surface area is 181 Å². The van der Waals surface area contributed by atoms with E-state index in [1.165, 1.54) is 0 Å². The van der Waals surface area contributed by atoms with Crippen molar-refractivity contribution in [1.82, 2.24) is 0 Å². The lowest BCUT2D eigenvalue weighted by Gasteiger charge is -2.42. The van der Waals surface area contributed by atoms with Crippen LogP contribution in [0.3, 0.4) is 0 Å². The van der Waals surface area contributed by atoms with Crippen molar-refractivity contribution in [3.63, 3.8) is 0 Å². The fraction of sp³-hybridized carbons (Fsp3) is 0.600. The molecule has 2 bridgehead atoms. The Bertz CT molecular complexity index is 880. The molecule has 4 rings (SSSR count). The minimum Gasteiger partial charge on any atom is -0.463 e. The number of allylic oxidation sites excluding steroid dienone is 1. The van der Waals surface area contributed by atoms with Gasteiger partial charge in [-0.2, -0.15) is 0 Å². The van der Waals surface area contributed by atoms with Crippen LogP contribution in [0.25, 0.3) is 5.57 Å². The molecule has 0 radical (unpaired) electrons. The van der Waals surface area contributed by atoms with Crippen molar-refractivity contribution < 1.29 is 18.8 Å². The summed E-state index contributed by atoms with van der Waals surface area (Å²) in [5.74, 6) is 0.160. The monoisotopic (exact) mass is 426 g/mol. The van der Waals surface area contributed by atoms with Gasteiger partial charge >= 0.3 is 5.97 Å². The van der Waals surface area contributed by atoms with Gasteiger partial charge in [-0.1, -0.05) is 51.1 Å². The first-order valence-corrected chi connectivity index (χ1v) is 14.2. The molecule has 162 valence electrons. The van der Waals surface area contributed by atoms with Crippen molar-refractivity contribution in [2.45, 2.75) is 64.8 Å². The van der Waals surface area contributed by atoms with Crippen LogP contribution in [0, 0.1) is 23.7 Å². The minimum atomic E-state index is -1.92. The molecule has 5 heteroatoms. The summed E-state index contributed by atoms with van der Waals surface area (Å²) < 4.78 is 12.2. The highest BCUT2D eigenvalue weighted by molar-refractivity contribution is 6.74. The summed E-state index contributed by atoms with van der Waals surface area (Å²) in [5.41, 5.74) is 2.05. The Morgan fingerprint density at radius 2 is 1.77 bits per heavy atom. The molecule has 4 nitrogen and oxygen atoms in total. The first kappa shape index (κ1) is 21.5. The number of rotatable bonds is 5. The molecule has 0 spiro atoms. The zero-order valence-electron chi connectivity index (χ0n) is 19.0. The van der Waals surface area contributed by atoms with Gasteiger partial charge in [0, 0.05) is 23.5 Å². The van der Waals surface area contributed by atoms with Gasteiger partial charge in [-0.15, -0.1) is 0 Å². The highest BCUT2D eigenvalue weighted by Crippen LogP contribution is 2.62. The van der Waals surface area contributed by atoms with Crippen LogP contribution in [0.15, 0.2) is 35.9 Å². The first-order valence-electron chi connectivity index (χ1n) is 11.3. The molecule has 30 heavy (non-hydrogen) atoms. The van der Waals surface area contributed by atoms with Crippen molar-refractivity contribution in [2.75, 3.05) is 6.61 Å². The Balaban J connectivity index is 1.68. The van der Waals surface area contributed by atoms with Gasteiger partial charge < -0.3 is 9.16 Å². The minimum absolute atomic E-state index is 0.0176. The average molecular weight is 427 g/mol. The maximum atomic E-state index is 13.7. The highest BCUT2D eigenvalue weighted by atomic mass is 28.4. The van der Waals surface area contributed by atoms with E-state index in [1.807, 2.05) is 37.3 Å². The lowest BCUT2D eigenvalue weighted by Crippen LogP contribution is -2.47. The summed E-state index contributed by atoms with van der Waals surface area (Å²) in [6, 6.07) is 9.63. The van der Waals surface area contributed by atoms with Crippen molar-refractivity contribution in [2.24, 2.45) is 23.7 Å². The van der Waals surface area contributed by atoms with Gasteiger partial charge in [0.2, 0.25) is 0 Å². The van der Waals surface area contributed by atoms with Crippen molar-refractivity contribution >= 4 is 25.6 Å². The molecule has 3 aliphatic rings. The van der Waals surface area contributed by atoms with Gasteiger partial charge in [0.1, 0.15) is 0 Å². The quantitative estimate of drug-likeness (QED) is 0.477. The third-order valence-corrected chi connectivity index (χ3v) is 12.4. The summed E-state index contributed by atoms with van der Waals surface area (Å²) in [6.07, 6.45) is 2.04. The molecular formula is C25H34O4Si. The van der Waals surface area contributed by atoms with E-state index < -0.39 is 8.32 Å². The summed E-state index contributed by atoms with van der Waals surface area (Å²) in [6.45, 7) is 13.5. The predicted molar refractivity (Wildman–Crippen MR) is 120 cm³/mol. The third-order valence-electron chi connectivity index (χ3n) is 7.91. The SMILES string of the molecule is CCOC(=O)C1=C(c2ccccc2)C(=O)[C@@H]2[C@@H]3C[C@@H](C[C@H]3O[Si](C)(C)C(C)(C)C)[C@H]12. The molecule has 1 aromatic rings. The van der Waals surface area contributed by atoms with Gasteiger partial charge in [-0.05, 0) is 55.3 Å². The van der Waals surface area contributed by atoms with Crippen molar-refractivity contribution in [3.05, 3.63) is 41.5 Å². The van der Waals surface area contributed by atoms with Gasteiger partial charge in [-0.25, -0.2) is 4.79 Å². The molecule has 0 unspecified atom stereocenters. The van der Waals surface area contributed by atoms with Gasteiger partial charge in [0.05, 0.1) is 12.2 Å². The maximum absolute atomic E-state index is 13.7. The van der Waals surface area contributed by atoms with E-state index in [0.29, 0.717) is 23.7 Å². The summed E-state index contributed by atoms with van der Waals surface area (Å²) in [7, 11) is -1.92. The number of carbonyl (C=O) groups excluding carboxylic acids is 2. The number of hydrogen-bond acceptors (Lipinski definition) is 4. The van der Waals surface area contributed by atoms with Gasteiger partial charge in [0.25, 0.3) is 0 Å². The molecule has 0 heterocycles. The zero-order chi connectivity index (χ0) is 21.8. The van der Waals surface area contributed by atoms with E-state index in [4.69, 9.17) is 9.16 Å². The van der Waals surface area contributed by atoms with Crippen LogP contribution in [0.2, 0.25) is 18.1 Å². The summed E-state index contributed by atoms with van der Waals surface area (Å²) in [4.78, 5) is 26.7. The number of carbonyl (C=O) groups is 2. The van der Waals surface area contributed by atoms with Crippen LogP contribution in [-0.4, -0.2) is 32.8 Å². The number of Topliss-reactive ketones (excluding diaryl/α,β-unsaturated/α-hetero) is 1. The van der Waals surface area contributed by atoms with Crippen LogP contribution in [-0.2, 0) is 18.8 Å². The van der Waals surface area contributed by atoms with E-state index >= 15 is 0 Å². The number of esters is 1. The van der Waals surface area contributed by atoms with E-state index in [-0.39, 0.29) is 40.6 Å². The fourth-order valence-corrected chi connectivity index (χ4v) is 6.96. The fourth-order valence-electron chi connectivity index (χ4n) is 5.58. The second kappa shape index (κ2) is 7.45. The molecular weight excluding hydrogens is 392 g/mol. The van der Waals surface area contributed by atoms with Crippen LogP contribution in [0.5, 0.6) is 0 Å². The number of benzene rings is 1. The topological polar surface area (TPSA) is 52.6 Å². The van der Waals surface area contributed by atoms with Gasteiger partial charge in [0.15, 0.2) is 14.1 Å². The number of ketones is 1. The number of hydrogen-bond donors (Lipinski definition) is 0. The molecule has 0 aromatic heterocycles. The normalized spacial score (nSPS) is 30.7. The molecule has 1 aromatic carbocycles. The lowest BCUT2D eigenvalue weighted by molar-refractivity contribution is -0.139. The van der Waals surface area contributed by atoms with E-state index in [1.54, 1.807) is 0 Å². The maximum Gasteiger partial charge on any atom is 0.335 e. The molecule has 2 fully saturated rings. The Morgan fingerprint density at radius 3 is 2.37 bits per heavy atom. The number of fused-ring (bicyclic) bond motifs is 5. The molecule has 3 aliphatic carbocycles. The summed E-state index contributed by atoms with van der Waals surface area (Å²) >= 11 is 0. The van der Waals surface area contributed by atoms with E-state index in [2.05, 4.69) is 33.9 Å². The van der Waals surface area contributed by atoms with Crippen LogP contribution < -0.4 is 0 Å². The van der Waals surface area contributed by atoms with Crippen molar-refractivity contribution in [1.29, 1.82) is 0 Å². The predicted octanol–water partition coefficient (Wildman–Crippen LogP) is 5.25. The molecule has 0 N–H and O–H groups in total. The van der Waals surface area contributed by atoms with E-state index in [9.17, 15) is 9.59 Å². The average Bonchev–Trinajstić information content (AvgIpc) is 3.31. The molecule has 5 atom stereocenters. The molecule has 0 saturated heterocycles. The second-order valence-corrected chi connectivity index (χ2v) is 15.4. The number of ether oxygens (including phenoxy) is 1. The molecule has 0 aliphatic heterocycles.